The molecule has 4 nitrogen and oxygen atoms in total. The standard InChI is InChI=1S/C13H15NO3S/c1-2-17-11-8-12-10(4-6-18-12)7-9(11)3-5-14-13(15)16/h4,6-8,14H,2-3,5H2,1H3,(H,15,16). The predicted octanol–water partition coefficient (Wildman–Crippen LogP) is 3.11. The van der Waals surface area contributed by atoms with Gasteiger partial charge in [-0.05, 0) is 47.9 Å². The van der Waals surface area contributed by atoms with Gasteiger partial charge in [-0.1, -0.05) is 0 Å². The Morgan fingerprint density at radius 1 is 1.50 bits per heavy atom. The number of benzene rings is 1. The van der Waals surface area contributed by atoms with Crippen LogP contribution in [0.25, 0.3) is 10.1 Å². The zero-order chi connectivity index (χ0) is 13.0. The number of nitrogens with one attached hydrogen (secondary N) is 1. The van der Waals surface area contributed by atoms with E-state index in [1.54, 1.807) is 11.3 Å². The van der Waals surface area contributed by atoms with Crippen molar-refractivity contribution in [3.05, 3.63) is 29.1 Å². The lowest BCUT2D eigenvalue weighted by Gasteiger charge is -2.10. The second-order valence-corrected chi connectivity index (χ2v) is 4.78. The van der Waals surface area contributed by atoms with Crippen molar-refractivity contribution >= 4 is 27.5 Å². The van der Waals surface area contributed by atoms with Gasteiger partial charge in [-0.25, -0.2) is 4.79 Å². The van der Waals surface area contributed by atoms with Crippen LogP contribution in [0.3, 0.4) is 0 Å². The first-order chi connectivity index (χ1) is 8.70. The van der Waals surface area contributed by atoms with Crippen LogP contribution in [0.4, 0.5) is 4.79 Å². The first-order valence-electron chi connectivity index (χ1n) is 5.80. The zero-order valence-corrected chi connectivity index (χ0v) is 10.9. The minimum Gasteiger partial charge on any atom is -0.494 e. The highest BCUT2D eigenvalue weighted by molar-refractivity contribution is 7.17. The van der Waals surface area contributed by atoms with Gasteiger partial charge in [0.15, 0.2) is 0 Å². The molecule has 0 aliphatic carbocycles. The van der Waals surface area contributed by atoms with Gasteiger partial charge in [0.25, 0.3) is 0 Å². The number of thiophene rings is 1. The van der Waals surface area contributed by atoms with Crippen molar-refractivity contribution in [2.24, 2.45) is 0 Å². The molecule has 1 aromatic heterocycles. The van der Waals surface area contributed by atoms with Crippen LogP contribution in [0.5, 0.6) is 5.75 Å². The molecule has 0 radical (unpaired) electrons. The summed E-state index contributed by atoms with van der Waals surface area (Å²) < 4.78 is 6.79. The quantitative estimate of drug-likeness (QED) is 0.873. The Kier molecular flexibility index (Phi) is 4.04. The molecule has 0 atom stereocenters. The summed E-state index contributed by atoms with van der Waals surface area (Å²) in [6, 6.07) is 6.16. The van der Waals surface area contributed by atoms with E-state index < -0.39 is 6.09 Å². The molecule has 1 aromatic carbocycles. The Hall–Kier alpha value is -1.75. The third-order valence-corrected chi connectivity index (χ3v) is 3.49. The lowest BCUT2D eigenvalue weighted by Crippen LogP contribution is -2.23. The van der Waals surface area contributed by atoms with Gasteiger partial charge < -0.3 is 15.2 Å². The Morgan fingerprint density at radius 3 is 3.06 bits per heavy atom. The molecular formula is C13H15NO3S. The van der Waals surface area contributed by atoms with Crippen molar-refractivity contribution < 1.29 is 14.6 Å². The van der Waals surface area contributed by atoms with Crippen molar-refractivity contribution in [2.45, 2.75) is 13.3 Å². The highest BCUT2D eigenvalue weighted by atomic mass is 32.1. The molecule has 1 amide bonds. The number of hydrogen-bond donors (Lipinski definition) is 2. The minimum absolute atomic E-state index is 0.394. The zero-order valence-electron chi connectivity index (χ0n) is 10.1. The van der Waals surface area contributed by atoms with E-state index in [0.29, 0.717) is 19.6 Å². The fraction of sp³-hybridized carbons (Fsp3) is 0.308. The highest BCUT2D eigenvalue weighted by Gasteiger charge is 2.07. The van der Waals surface area contributed by atoms with Gasteiger partial charge in [-0.2, -0.15) is 0 Å². The number of amides is 1. The molecule has 0 saturated heterocycles. The summed E-state index contributed by atoms with van der Waals surface area (Å²) in [7, 11) is 0. The molecule has 5 heteroatoms. The fourth-order valence-electron chi connectivity index (χ4n) is 1.83. The van der Waals surface area contributed by atoms with Crippen LogP contribution in [0, 0.1) is 0 Å². The first kappa shape index (κ1) is 12.7. The number of carboxylic acid groups (broad SMARTS) is 1. The van der Waals surface area contributed by atoms with Gasteiger partial charge in [0, 0.05) is 11.2 Å². The van der Waals surface area contributed by atoms with Crippen molar-refractivity contribution in [3.8, 4) is 5.75 Å². The number of rotatable bonds is 5. The fourth-order valence-corrected chi connectivity index (χ4v) is 2.63. The summed E-state index contributed by atoms with van der Waals surface area (Å²) in [6.45, 7) is 2.94. The Morgan fingerprint density at radius 2 is 2.33 bits per heavy atom. The van der Waals surface area contributed by atoms with Gasteiger partial charge in [0.2, 0.25) is 0 Å². The summed E-state index contributed by atoms with van der Waals surface area (Å²) in [5, 5.41) is 14.1. The summed E-state index contributed by atoms with van der Waals surface area (Å²) in [5.41, 5.74) is 1.04. The van der Waals surface area contributed by atoms with Crippen LogP contribution in [-0.2, 0) is 6.42 Å². The normalized spacial score (nSPS) is 10.5. The summed E-state index contributed by atoms with van der Waals surface area (Å²) in [6.07, 6.45) is -0.363. The van der Waals surface area contributed by atoms with E-state index in [-0.39, 0.29) is 0 Å². The third kappa shape index (κ3) is 2.92. The van der Waals surface area contributed by atoms with Crippen LogP contribution in [0.15, 0.2) is 23.6 Å². The van der Waals surface area contributed by atoms with E-state index in [1.807, 2.05) is 18.4 Å². The predicted molar refractivity (Wildman–Crippen MR) is 72.7 cm³/mol. The number of fused-ring (bicyclic) bond motifs is 1. The molecule has 1 heterocycles. The van der Waals surface area contributed by atoms with Gasteiger partial charge >= 0.3 is 6.09 Å². The lowest BCUT2D eigenvalue weighted by molar-refractivity contribution is 0.194. The average Bonchev–Trinajstić information content (AvgIpc) is 2.76. The second-order valence-electron chi connectivity index (χ2n) is 3.83. The molecule has 2 aromatic rings. The minimum atomic E-state index is -0.996. The molecule has 2 rings (SSSR count). The number of hydrogen-bond acceptors (Lipinski definition) is 3. The van der Waals surface area contributed by atoms with Crippen molar-refractivity contribution in [2.75, 3.05) is 13.2 Å². The van der Waals surface area contributed by atoms with E-state index in [0.717, 1.165) is 11.3 Å². The summed E-state index contributed by atoms with van der Waals surface area (Å²) in [5.74, 6) is 0.847. The Labute approximate surface area is 109 Å². The lowest BCUT2D eigenvalue weighted by atomic mass is 10.1. The molecule has 0 spiro atoms. The van der Waals surface area contributed by atoms with Crippen LogP contribution in [0.1, 0.15) is 12.5 Å². The van der Waals surface area contributed by atoms with Crippen LogP contribution in [-0.4, -0.2) is 24.4 Å². The van der Waals surface area contributed by atoms with Crippen molar-refractivity contribution in [1.29, 1.82) is 0 Å². The molecule has 2 N–H and O–H groups in total. The van der Waals surface area contributed by atoms with Crippen LogP contribution in [0.2, 0.25) is 0 Å². The molecule has 0 fully saturated rings. The molecule has 0 aliphatic rings. The summed E-state index contributed by atoms with van der Waals surface area (Å²) >= 11 is 1.68. The van der Waals surface area contributed by atoms with E-state index in [1.165, 1.54) is 10.1 Å². The SMILES string of the molecule is CCOc1cc2sccc2cc1CCNC(=O)O. The van der Waals surface area contributed by atoms with Gasteiger partial charge in [0.1, 0.15) is 5.75 Å². The van der Waals surface area contributed by atoms with E-state index >= 15 is 0 Å². The van der Waals surface area contributed by atoms with E-state index in [9.17, 15) is 4.79 Å². The van der Waals surface area contributed by atoms with Crippen LogP contribution >= 0.6 is 11.3 Å². The highest BCUT2D eigenvalue weighted by Crippen LogP contribution is 2.29. The largest absolute Gasteiger partial charge is 0.494 e. The summed E-state index contributed by atoms with van der Waals surface area (Å²) in [4.78, 5) is 10.4. The number of ether oxygens (including phenoxy) is 1. The maximum Gasteiger partial charge on any atom is 0.404 e. The van der Waals surface area contributed by atoms with Crippen molar-refractivity contribution in [1.82, 2.24) is 5.32 Å². The van der Waals surface area contributed by atoms with E-state index in [4.69, 9.17) is 9.84 Å². The molecule has 0 aliphatic heterocycles. The average molecular weight is 265 g/mol. The topological polar surface area (TPSA) is 58.6 Å². The maximum absolute atomic E-state index is 10.4. The monoisotopic (exact) mass is 265 g/mol. The number of carbonyl (C=O) groups is 1. The molecular weight excluding hydrogens is 250 g/mol. The molecule has 0 unspecified atom stereocenters. The Bertz CT molecular complexity index is 550. The van der Waals surface area contributed by atoms with Gasteiger partial charge in [-0.15, -0.1) is 11.3 Å². The first-order valence-corrected chi connectivity index (χ1v) is 6.68. The third-order valence-electron chi connectivity index (χ3n) is 2.61. The van der Waals surface area contributed by atoms with Gasteiger partial charge in [-0.3, -0.25) is 0 Å². The molecule has 0 bridgehead atoms. The van der Waals surface area contributed by atoms with Crippen molar-refractivity contribution in [3.63, 3.8) is 0 Å². The Balaban J connectivity index is 2.21. The molecule has 0 saturated carbocycles. The second kappa shape index (κ2) is 5.73. The van der Waals surface area contributed by atoms with Crippen LogP contribution < -0.4 is 10.1 Å². The van der Waals surface area contributed by atoms with E-state index in [2.05, 4.69) is 17.4 Å². The maximum atomic E-state index is 10.4. The van der Waals surface area contributed by atoms with Gasteiger partial charge in [0.05, 0.1) is 6.61 Å². The molecule has 96 valence electrons. The smallest absolute Gasteiger partial charge is 0.404 e. The molecule has 18 heavy (non-hydrogen) atoms.